The highest BCUT2D eigenvalue weighted by Crippen LogP contribution is 2.38. The highest BCUT2D eigenvalue weighted by Gasteiger charge is 2.38. The van der Waals surface area contributed by atoms with Crippen molar-refractivity contribution >= 4 is 11.3 Å². The van der Waals surface area contributed by atoms with E-state index in [1.54, 1.807) is 17.4 Å². The van der Waals surface area contributed by atoms with Crippen LogP contribution in [0, 0.1) is 0 Å². The number of phenolic OH excluding ortho intramolecular Hbond substituents is 1. The summed E-state index contributed by atoms with van der Waals surface area (Å²) in [4.78, 5) is 6.17. The lowest BCUT2D eigenvalue weighted by atomic mass is 9.79. The summed E-state index contributed by atoms with van der Waals surface area (Å²) in [6.07, 6.45) is 3.18. The minimum atomic E-state index is -0.0327. The zero-order valence-corrected chi connectivity index (χ0v) is 22.1. The number of piperidine rings is 1. The first-order chi connectivity index (χ1) is 17.0. The van der Waals surface area contributed by atoms with E-state index in [2.05, 4.69) is 77.1 Å². The second-order valence-corrected chi connectivity index (χ2v) is 10.8. The summed E-state index contributed by atoms with van der Waals surface area (Å²) in [6.45, 7) is 4.57. The van der Waals surface area contributed by atoms with Gasteiger partial charge in [-0.05, 0) is 87.2 Å². The van der Waals surface area contributed by atoms with E-state index >= 15 is 0 Å². The van der Waals surface area contributed by atoms with Crippen LogP contribution < -0.4 is 5.32 Å². The average molecular weight is 494 g/mol. The monoisotopic (exact) mass is 493 g/mol. The Balaban J connectivity index is 1.36. The molecule has 6 heteroatoms. The van der Waals surface area contributed by atoms with Gasteiger partial charge in [0.25, 0.3) is 0 Å². The lowest BCUT2D eigenvalue weighted by Gasteiger charge is -2.46. The third-order valence-corrected chi connectivity index (χ3v) is 8.25. The summed E-state index contributed by atoms with van der Waals surface area (Å²) >= 11 is 1.77. The first kappa shape index (κ1) is 25.9. The predicted octanol–water partition coefficient (Wildman–Crippen LogP) is 5.37. The van der Waals surface area contributed by atoms with Gasteiger partial charge in [-0.3, -0.25) is 9.80 Å². The molecule has 4 rings (SSSR count). The van der Waals surface area contributed by atoms with Crippen molar-refractivity contribution in [2.45, 2.75) is 44.1 Å². The van der Waals surface area contributed by atoms with Crippen LogP contribution in [0.5, 0.6) is 5.75 Å². The molecule has 1 aliphatic heterocycles. The molecule has 2 N–H and O–H groups in total. The summed E-state index contributed by atoms with van der Waals surface area (Å²) in [5.41, 5.74) is 3.74. The number of nitrogens with zero attached hydrogens (tertiary/aromatic N) is 2. The fourth-order valence-corrected chi connectivity index (χ4v) is 6.01. The number of benzene rings is 2. The first-order valence-corrected chi connectivity index (χ1v) is 13.4. The fraction of sp³-hybridized carbons (Fsp3) is 0.448. The Kier molecular flexibility index (Phi) is 8.98. The number of hydrogen-bond donors (Lipinski definition) is 2. The van der Waals surface area contributed by atoms with Crippen molar-refractivity contribution in [2.75, 3.05) is 40.8 Å². The highest BCUT2D eigenvalue weighted by atomic mass is 32.1. The van der Waals surface area contributed by atoms with Gasteiger partial charge in [-0.15, -0.1) is 11.3 Å². The van der Waals surface area contributed by atoms with Gasteiger partial charge in [-0.2, -0.15) is 0 Å². The molecular weight excluding hydrogens is 454 g/mol. The lowest BCUT2D eigenvalue weighted by Crippen LogP contribution is -2.50. The van der Waals surface area contributed by atoms with Gasteiger partial charge in [-0.1, -0.05) is 42.5 Å². The van der Waals surface area contributed by atoms with Crippen LogP contribution >= 0.6 is 11.3 Å². The number of phenols is 1. The molecule has 1 fully saturated rings. The van der Waals surface area contributed by atoms with E-state index in [0.717, 1.165) is 45.4 Å². The van der Waals surface area contributed by atoms with Crippen LogP contribution in [0.3, 0.4) is 0 Å². The number of rotatable bonds is 11. The maximum absolute atomic E-state index is 10.0. The van der Waals surface area contributed by atoms with Crippen molar-refractivity contribution < 1.29 is 9.84 Å². The molecule has 0 bridgehead atoms. The molecule has 5 nitrogen and oxygen atoms in total. The minimum Gasteiger partial charge on any atom is -0.508 e. The third-order valence-electron chi connectivity index (χ3n) is 7.29. The topological polar surface area (TPSA) is 48.0 Å². The molecule has 0 radical (unpaired) electrons. The molecule has 3 aromatic rings. The Morgan fingerprint density at radius 2 is 1.83 bits per heavy atom. The van der Waals surface area contributed by atoms with Crippen LogP contribution in [-0.4, -0.2) is 55.7 Å². The Morgan fingerprint density at radius 1 is 1.06 bits per heavy atom. The highest BCUT2D eigenvalue weighted by molar-refractivity contribution is 7.10. The molecule has 1 atom stereocenters. The first-order valence-electron chi connectivity index (χ1n) is 12.6. The standard InChI is InChI=1S/C29H39N3O2S/c1-30-15-12-27(28-11-6-18-35-28)34-22-24-8-4-7-23(19-24)21-32-16-13-29(14-17-32,31(2)3)25-9-5-10-26(33)20-25/h4-11,18-20,27,30,33H,12-17,21-22H2,1-3H3. The second-order valence-electron chi connectivity index (χ2n) is 9.78. The van der Waals surface area contributed by atoms with Crippen molar-refractivity contribution in [3.05, 3.63) is 87.6 Å². The summed E-state index contributed by atoms with van der Waals surface area (Å²) in [5, 5.41) is 15.4. The van der Waals surface area contributed by atoms with Gasteiger partial charge < -0.3 is 15.2 Å². The fourth-order valence-electron chi connectivity index (χ4n) is 5.20. The van der Waals surface area contributed by atoms with Crippen molar-refractivity contribution in [2.24, 2.45) is 0 Å². The normalized spacial score (nSPS) is 17.0. The van der Waals surface area contributed by atoms with Gasteiger partial charge in [0.1, 0.15) is 5.75 Å². The molecule has 0 amide bonds. The number of thiophene rings is 1. The second kappa shape index (κ2) is 12.2. The smallest absolute Gasteiger partial charge is 0.115 e. The molecule has 2 aromatic carbocycles. The number of likely N-dealkylation sites (tertiary alicyclic amines) is 1. The van der Waals surface area contributed by atoms with E-state index in [-0.39, 0.29) is 11.6 Å². The number of hydrogen-bond acceptors (Lipinski definition) is 6. The zero-order chi connectivity index (χ0) is 24.7. The molecule has 0 spiro atoms. The van der Waals surface area contributed by atoms with Crippen LogP contribution in [0.1, 0.15) is 46.9 Å². The summed E-state index contributed by atoms with van der Waals surface area (Å²) in [6, 6.07) is 20.9. The van der Waals surface area contributed by atoms with E-state index in [1.807, 2.05) is 19.2 Å². The predicted molar refractivity (Wildman–Crippen MR) is 145 cm³/mol. The Bertz CT molecular complexity index is 1050. The third kappa shape index (κ3) is 6.51. The van der Waals surface area contributed by atoms with Crippen molar-refractivity contribution in [1.82, 2.24) is 15.1 Å². The zero-order valence-electron chi connectivity index (χ0n) is 21.2. The summed E-state index contributed by atoms with van der Waals surface area (Å²) in [7, 11) is 6.30. The van der Waals surface area contributed by atoms with Crippen molar-refractivity contribution in [3.8, 4) is 5.75 Å². The van der Waals surface area contributed by atoms with Gasteiger partial charge in [0, 0.05) is 30.1 Å². The van der Waals surface area contributed by atoms with E-state index in [1.165, 1.54) is 21.6 Å². The Labute approximate surface area is 214 Å². The maximum Gasteiger partial charge on any atom is 0.115 e. The molecule has 1 unspecified atom stereocenters. The summed E-state index contributed by atoms with van der Waals surface area (Å²) < 4.78 is 6.36. The van der Waals surface area contributed by atoms with Crippen molar-refractivity contribution in [1.29, 1.82) is 0 Å². The van der Waals surface area contributed by atoms with E-state index in [4.69, 9.17) is 4.74 Å². The molecule has 0 aliphatic carbocycles. The Hall–Kier alpha value is -2.22. The molecule has 188 valence electrons. The Morgan fingerprint density at radius 3 is 2.51 bits per heavy atom. The summed E-state index contributed by atoms with van der Waals surface area (Å²) in [5.74, 6) is 0.345. The van der Waals surface area contributed by atoms with Gasteiger partial charge >= 0.3 is 0 Å². The SMILES string of the molecule is CNCCC(OCc1cccc(CN2CCC(c3cccc(O)c3)(N(C)C)CC2)c1)c1cccs1. The van der Waals surface area contributed by atoms with Crippen molar-refractivity contribution in [3.63, 3.8) is 0 Å². The minimum absolute atomic E-state index is 0.0327. The number of aromatic hydroxyl groups is 1. The maximum atomic E-state index is 10.0. The number of nitrogens with one attached hydrogen (secondary N) is 1. The molecule has 1 aromatic heterocycles. The lowest BCUT2D eigenvalue weighted by molar-refractivity contribution is 0.0365. The van der Waals surface area contributed by atoms with E-state index in [9.17, 15) is 5.11 Å². The van der Waals surface area contributed by atoms with E-state index < -0.39 is 0 Å². The van der Waals surface area contributed by atoms with E-state index in [0.29, 0.717) is 12.4 Å². The molecule has 2 heterocycles. The van der Waals surface area contributed by atoms with Crippen LogP contribution in [0.4, 0.5) is 0 Å². The van der Waals surface area contributed by atoms with Gasteiger partial charge in [0.2, 0.25) is 0 Å². The van der Waals surface area contributed by atoms with Gasteiger partial charge in [-0.25, -0.2) is 0 Å². The molecule has 1 saturated heterocycles. The molecule has 0 saturated carbocycles. The van der Waals surface area contributed by atoms with Crippen LogP contribution in [-0.2, 0) is 23.4 Å². The quantitative estimate of drug-likeness (QED) is 0.376. The van der Waals surface area contributed by atoms with Crippen LogP contribution in [0.2, 0.25) is 0 Å². The van der Waals surface area contributed by atoms with Crippen LogP contribution in [0.25, 0.3) is 0 Å². The largest absolute Gasteiger partial charge is 0.508 e. The molecular formula is C29H39N3O2S. The van der Waals surface area contributed by atoms with Gasteiger partial charge in [0.05, 0.1) is 12.7 Å². The van der Waals surface area contributed by atoms with Crippen LogP contribution in [0.15, 0.2) is 66.0 Å². The molecule has 35 heavy (non-hydrogen) atoms. The molecule has 1 aliphatic rings. The number of ether oxygens (including phenoxy) is 1. The van der Waals surface area contributed by atoms with Gasteiger partial charge in [0.15, 0.2) is 0 Å². The average Bonchev–Trinajstić information content (AvgIpc) is 3.40.